The molecular weight excluding hydrogens is 218 g/mol. The Bertz CT molecular complexity index is 362. The van der Waals surface area contributed by atoms with Gasteiger partial charge in [-0.05, 0) is 12.3 Å². The summed E-state index contributed by atoms with van der Waals surface area (Å²) in [5.74, 6) is -1.09. The zero-order valence-corrected chi connectivity index (χ0v) is 9.40. The molecule has 1 aliphatic rings. The molecule has 0 aliphatic carbocycles. The predicted octanol–water partition coefficient (Wildman–Crippen LogP) is 0.297. The minimum Gasteiger partial charge on any atom is -0.480 e. The van der Waals surface area contributed by atoms with E-state index in [1.165, 1.54) is 6.08 Å². The normalized spacial score (nSPS) is 27.4. The van der Waals surface area contributed by atoms with Crippen molar-refractivity contribution in [3.05, 3.63) is 12.7 Å². The fraction of sp³-hybridized carbons (Fsp3) is 0.667. The molecule has 15 heavy (non-hydrogen) atoms. The molecule has 0 aromatic rings. The molecule has 1 rings (SSSR count). The molecule has 1 fully saturated rings. The zero-order chi connectivity index (χ0) is 11.6. The van der Waals surface area contributed by atoms with Crippen molar-refractivity contribution in [2.45, 2.75) is 19.4 Å². The second-order valence-corrected chi connectivity index (χ2v) is 5.80. The first kappa shape index (κ1) is 12.2. The van der Waals surface area contributed by atoms with E-state index in [1.807, 2.05) is 0 Å². The highest BCUT2D eigenvalue weighted by Gasteiger charge is 2.40. The molecule has 2 atom stereocenters. The van der Waals surface area contributed by atoms with Gasteiger partial charge in [-0.25, -0.2) is 8.42 Å². The first-order valence-electron chi connectivity index (χ1n) is 4.71. The second kappa shape index (κ2) is 4.32. The smallest absolute Gasteiger partial charge is 0.322 e. The van der Waals surface area contributed by atoms with Crippen molar-refractivity contribution in [1.29, 1.82) is 0 Å². The fourth-order valence-corrected chi connectivity index (χ4v) is 3.81. The fourth-order valence-electron chi connectivity index (χ4n) is 1.75. The molecule has 0 spiro atoms. The van der Waals surface area contributed by atoms with Gasteiger partial charge < -0.3 is 5.11 Å². The lowest BCUT2D eigenvalue weighted by Gasteiger charge is -2.21. The number of rotatable bonds is 4. The summed E-state index contributed by atoms with van der Waals surface area (Å²) in [4.78, 5) is 10.9. The van der Waals surface area contributed by atoms with Crippen LogP contribution in [0.2, 0.25) is 0 Å². The van der Waals surface area contributed by atoms with Gasteiger partial charge in [0.05, 0.1) is 5.75 Å². The average molecular weight is 233 g/mol. The van der Waals surface area contributed by atoms with Gasteiger partial charge in [0.25, 0.3) is 0 Å². The topological polar surface area (TPSA) is 74.7 Å². The number of nitrogens with zero attached hydrogens (tertiary/aromatic N) is 1. The number of carbonyl (C=O) groups is 1. The maximum absolute atomic E-state index is 11.6. The highest BCUT2D eigenvalue weighted by molar-refractivity contribution is 7.89. The largest absolute Gasteiger partial charge is 0.480 e. The van der Waals surface area contributed by atoms with Crippen molar-refractivity contribution in [2.75, 3.05) is 12.3 Å². The van der Waals surface area contributed by atoms with Gasteiger partial charge in [0, 0.05) is 6.54 Å². The number of carboxylic acids is 1. The molecule has 1 aliphatic heterocycles. The standard InChI is InChI=1S/C9H15NO4S/c1-3-4-8(9(11)12)10-5-7(2)6-15(10,13)14/h3,7-8H,1,4-6H2,2H3,(H,11,12). The monoisotopic (exact) mass is 233 g/mol. The SMILES string of the molecule is C=CCC(C(=O)O)N1CC(C)CS1(=O)=O. The van der Waals surface area contributed by atoms with E-state index in [1.54, 1.807) is 6.92 Å². The Kier molecular flexibility index (Phi) is 3.51. The maximum atomic E-state index is 11.6. The summed E-state index contributed by atoms with van der Waals surface area (Å²) >= 11 is 0. The van der Waals surface area contributed by atoms with E-state index in [0.29, 0.717) is 0 Å². The van der Waals surface area contributed by atoms with Gasteiger partial charge in [0.15, 0.2) is 0 Å². The first-order valence-corrected chi connectivity index (χ1v) is 6.32. The van der Waals surface area contributed by atoms with Crippen molar-refractivity contribution < 1.29 is 18.3 Å². The number of aliphatic carboxylic acids is 1. The van der Waals surface area contributed by atoms with Crippen LogP contribution < -0.4 is 0 Å². The quantitative estimate of drug-likeness (QED) is 0.708. The Hall–Kier alpha value is -0.880. The highest BCUT2D eigenvalue weighted by atomic mass is 32.2. The molecule has 0 bridgehead atoms. The second-order valence-electron chi connectivity index (χ2n) is 3.83. The molecule has 1 N–H and O–H groups in total. The number of sulfonamides is 1. The summed E-state index contributed by atoms with van der Waals surface area (Å²) < 4.78 is 24.3. The Balaban J connectivity index is 2.94. The molecule has 1 heterocycles. The van der Waals surface area contributed by atoms with Crippen LogP contribution in [0, 0.1) is 5.92 Å². The van der Waals surface area contributed by atoms with Crippen LogP contribution in [-0.2, 0) is 14.8 Å². The molecule has 0 amide bonds. The van der Waals surface area contributed by atoms with E-state index in [2.05, 4.69) is 6.58 Å². The number of hydrogen-bond donors (Lipinski definition) is 1. The summed E-state index contributed by atoms with van der Waals surface area (Å²) in [6.45, 7) is 5.52. The van der Waals surface area contributed by atoms with Gasteiger partial charge in [-0.3, -0.25) is 4.79 Å². The Morgan fingerprint density at radius 1 is 1.73 bits per heavy atom. The van der Waals surface area contributed by atoms with Crippen molar-refractivity contribution >= 4 is 16.0 Å². The van der Waals surface area contributed by atoms with Gasteiger partial charge in [-0.15, -0.1) is 6.58 Å². The Morgan fingerprint density at radius 3 is 2.67 bits per heavy atom. The Labute approximate surface area is 89.4 Å². The zero-order valence-electron chi connectivity index (χ0n) is 8.59. The van der Waals surface area contributed by atoms with Gasteiger partial charge in [-0.2, -0.15) is 4.31 Å². The third-order valence-corrected chi connectivity index (χ3v) is 4.48. The van der Waals surface area contributed by atoms with E-state index >= 15 is 0 Å². The lowest BCUT2D eigenvalue weighted by Crippen LogP contribution is -2.42. The van der Waals surface area contributed by atoms with Crippen LogP contribution in [0.5, 0.6) is 0 Å². The van der Waals surface area contributed by atoms with E-state index in [-0.39, 0.29) is 24.6 Å². The van der Waals surface area contributed by atoms with Crippen molar-refractivity contribution in [2.24, 2.45) is 5.92 Å². The van der Waals surface area contributed by atoms with Gasteiger partial charge in [0.1, 0.15) is 6.04 Å². The van der Waals surface area contributed by atoms with E-state index < -0.39 is 22.0 Å². The van der Waals surface area contributed by atoms with Crippen LogP contribution in [0.15, 0.2) is 12.7 Å². The lowest BCUT2D eigenvalue weighted by molar-refractivity contribution is -0.141. The molecule has 5 nitrogen and oxygen atoms in total. The highest BCUT2D eigenvalue weighted by Crippen LogP contribution is 2.23. The van der Waals surface area contributed by atoms with Gasteiger partial charge >= 0.3 is 5.97 Å². The van der Waals surface area contributed by atoms with Crippen LogP contribution in [0.1, 0.15) is 13.3 Å². The summed E-state index contributed by atoms with van der Waals surface area (Å²) in [5, 5.41) is 8.93. The summed E-state index contributed by atoms with van der Waals surface area (Å²) in [6, 6.07) is -1.00. The summed E-state index contributed by atoms with van der Waals surface area (Å²) in [6.07, 6.45) is 1.57. The minimum atomic E-state index is -3.40. The molecule has 0 saturated carbocycles. The summed E-state index contributed by atoms with van der Waals surface area (Å²) in [7, 11) is -3.40. The molecule has 0 aromatic heterocycles. The first-order chi connectivity index (χ1) is 6.88. The lowest BCUT2D eigenvalue weighted by atomic mass is 10.1. The molecule has 2 unspecified atom stereocenters. The molecular formula is C9H15NO4S. The van der Waals surface area contributed by atoms with Crippen LogP contribution in [0.25, 0.3) is 0 Å². The average Bonchev–Trinajstić information content (AvgIpc) is 2.34. The Morgan fingerprint density at radius 2 is 2.33 bits per heavy atom. The number of hydrogen-bond acceptors (Lipinski definition) is 3. The van der Waals surface area contributed by atoms with Gasteiger partial charge in [0.2, 0.25) is 10.0 Å². The molecule has 0 aromatic carbocycles. The predicted molar refractivity (Wildman–Crippen MR) is 55.9 cm³/mol. The molecule has 1 saturated heterocycles. The van der Waals surface area contributed by atoms with Gasteiger partial charge in [-0.1, -0.05) is 13.0 Å². The molecule has 0 radical (unpaired) electrons. The molecule has 86 valence electrons. The van der Waals surface area contributed by atoms with Crippen molar-refractivity contribution in [1.82, 2.24) is 4.31 Å². The third-order valence-electron chi connectivity index (χ3n) is 2.37. The molecule has 6 heteroatoms. The van der Waals surface area contributed by atoms with Crippen molar-refractivity contribution in [3.63, 3.8) is 0 Å². The van der Waals surface area contributed by atoms with Crippen LogP contribution in [-0.4, -0.2) is 42.1 Å². The minimum absolute atomic E-state index is 0.0123. The van der Waals surface area contributed by atoms with Crippen LogP contribution in [0.3, 0.4) is 0 Å². The summed E-state index contributed by atoms with van der Waals surface area (Å²) in [5.41, 5.74) is 0. The van der Waals surface area contributed by atoms with Crippen molar-refractivity contribution in [3.8, 4) is 0 Å². The van der Waals surface area contributed by atoms with E-state index in [0.717, 1.165) is 4.31 Å². The third kappa shape index (κ3) is 2.57. The van der Waals surface area contributed by atoms with E-state index in [4.69, 9.17) is 5.11 Å². The number of carboxylic acid groups (broad SMARTS) is 1. The maximum Gasteiger partial charge on any atom is 0.322 e. The van der Waals surface area contributed by atoms with E-state index in [9.17, 15) is 13.2 Å². The van der Waals surface area contributed by atoms with Crippen LogP contribution in [0.4, 0.5) is 0 Å². The van der Waals surface area contributed by atoms with Crippen LogP contribution >= 0.6 is 0 Å².